The summed E-state index contributed by atoms with van der Waals surface area (Å²) in [5, 5.41) is 0. The molecule has 0 unspecified atom stereocenters. The SMILES string of the molecule is CC(C)(C)SS.c1ccccc1. The first kappa shape index (κ1) is 11.9. The average Bonchev–Trinajstić information content (AvgIpc) is 2.07. The standard InChI is InChI=1S/C6H6.C4H10S2/c1-2-4-6-5-3-1;1-4(2,3)6-5/h1-6H;5H,1-3H3. The van der Waals surface area contributed by atoms with Crippen LogP contribution >= 0.6 is 22.5 Å². The molecule has 0 bridgehead atoms. The summed E-state index contributed by atoms with van der Waals surface area (Å²) in [7, 11) is 1.58. The smallest absolute Gasteiger partial charge is 0.0176 e. The van der Waals surface area contributed by atoms with E-state index >= 15 is 0 Å². The fourth-order valence-corrected chi connectivity index (χ4v) is 0.385. The Labute approximate surface area is 84.6 Å². The van der Waals surface area contributed by atoms with Crippen molar-refractivity contribution in [3.8, 4) is 0 Å². The summed E-state index contributed by atoms with van der Waals surface area (Å²) in [5.74, 6) is 0. The first-order chi connectivity index (χ1) is 5.56. The van der Waals surface area contributed by atoms with Crippen molar-refractivity contribution in [2.75, 3.05) is 0 Å². The van der Waals surface area contributed by atoms with Gasteiger partial charge >= 0.3 is 0 Å². The molecular formula is C10H16S2. The molecule has 0 aliphatic rings. The summed E-state index contributed by atoms with van der Waals surface area (Å²) in [6.07, 6.45) is 0. The van der Waals surface area contributed by atoms with Crippen LogP contribution in [0.5, 0.6) is 0 Å². The zero-order valence-electron chi connectivity index (χ0n) is 7.82. The molecule has 0 aliphatic heterocycles. The fourth-order valence-electron chi connectivity index (χ4n) is 0.385. The van der Waals surface area contributed by atoms with Gasteiger partial charge in [-0.15, -0.1) is 11.7 Å². The van der Waals surface area contributed by atoms with E-state index in [1.165, 1.54) is 0 Å². The number of benzene rings is 1. The number of hydrogen-bond acceptors (Lipinski definition) is 2. The molecule has 12 heavy (non-hydrogen) atoms. The Morgan fingerprint density at radius 3 is 1.08 bits per heavy atom. The molecule has 1 aromatic rings. The predicted octanol–water partition coefficient (Wildman–Crippen LogP) is 4.05. The van der Waals surface area contributed by atoms with Crippen LogP contribution in [-0.2, 0) is 0 Å². The highest BCUT2D eigenvalue weighted by Crippen LogP contribution is 2.25. The molecule has 0 aliphatic carbocycles. The Hall–Kier alpha value is -0.0800. The van der Waals surface area contributed by atoms with E-state index in [0.29, 0.717) is 4.75 Å². The first-order valence-corrected chi connectivity index (χ1v) is 5.76. The van der Waals surface area contributed by atoms with Crippen LogP contribution in [0.4, 0.5) is 0 Å². The second-order valence-corrected chi connectivity index (χ2v) is 5.31. The second kappa shape index (κ2) is 6.44. The third-order valence-electron chi connectivity index (χ3n) is 0.941. The van der Waals surface area contributed by atoms with Gasteiger partial charge in [0, 0.05) is 4.75 Å². The summed E-state index contributed by atoms with van der Waals surface area (Å²) in [6, 6.07) is 12.0. The van der Waals surface area contributed by atoms with Crippen LogP contribution in [0.1, 0.15) is 20.8 Å². The average molecular weight is 200 g/mol. The van der Waals surface area contributed by atoms with Crippen molar-refractivity contribution in [3.63, 3.8) is 0 Å². The zero-order valence-corrected chi connectivity index (χ0v) is 9.53. The van der Waals surface area contributed by atoms with Crippen LogP contribution in [0.3, 0.4) is 0 Å². The molecule has 0 spiro atoms. The van der Waals surface area contributed by atoms with Crippen LogP contribution in [0.25, 0.3) is 0 Å². The molecule has 0 amide bonds. The molecule has 0 atom stereocenters. The number of rotatable bonds is 0. The lowest BCUT2D eigenvalue weighted by molar-refractivity contribution is 0.810. The minimum absolute atomic E-state index is 0.323. The van der Waals surface area contributed by atoms with Gasteiger partial charge in [0.1, 0.15) is 0 Å². The van der Waals surface area contributed by atoms with Gasteiger partial charge in [-0.3, -0.25) is 0 Å². The van der Waals surface area contributed by atoms with E-state index in [1.54, 1.807) is 10.8 Å². The van der Waals surface area contributed by atoms with E-state index in [1.807, 2.05) is 36.4 Å². The van der Waals surface area contributed by atoms with Gasteiger partial charge in [-0.2, -0.15) is 0 Å². The third kappa shape index (κ3) is 9.92. The Morgan fingerprint density at radius 1 is 0.833 bits per heavy atom. The molecule has 0 N–H and O–H groups in total. The number of thiol groups is 1. The Bertz CT molecular complexity index is 150. The first-order valence-electron chi connectivity index (χ1n) is 3.89. The van der Waals surface area contributed by atoms with Gasteiger partial charge in [0.15, 0.2) is 0 Å². The van der Waals surface area contributed by atoms with Gasteiger partial charge < -0.3 is 0 Å². The van der Waals surface area contributed by atoms with Crippen LogP contribution in [-0.4, -0.2) is 4.75 Å². The van der Waals surface area contributed by atoms with Crippen molar-refractivity contribution in [2.24, 2.45) is 0 Å². The number of hydrogen-bond donors (Lipinski definition) is 1. The monoisotopic (exact) mass is 200 g/mol. The topological polar surface area (TPSA) is 0 Å². The predicted molar refractivity (Wildman–Crippen MR) is 62.8 cm³/mol. The molecule has 1 rings (SSSR count). The van der Waals surface area contributed by atoms with Crippen LogP contribution in [0, 0.1) is 0 Å². The molecule has 0 heterocycles. The van der Waals surface area contributed by atoms with Gasteiger partial charge in [-0.1, -0.05) is 68.0 Å². The lowest BCUT2D eigenvalue weighted by atomic mass is 10.3. The normalized spacial score (nSPS) is 10.0. The van der Waals surface area contributed by atoms with Crippen molar-refractivity contribution in [1.82, 2.24) is 0 Å². The second-order valence-electron chi connectivity index (χ2n) is 3.36. The van der Waals surface area contributed by atoms with Crippen molar-refractivity contribution in [2.45, 2.75) is 25.5 Å². The van der Waals surface area contributed by atoms with E-state index in [4.69, 9.17) is 0 Å². The Balaban J connectivity index is 0.000000202. The summed E-state index contributed by atoms with van der Waals surface area (Å²) >= 11 is 4.02. The van der Waals surface area contributed by atoms with E-state index in [9.17, 15) is 0 Å². The van der Waals surface area contributed by atoms with Crippen LogP contribution in [0.15, 0.2) is 36.4 Å². The molecule has 0 saturated carbocycles. The maximum absolute atomic E-state index is 4.02. The lowest BCUT2D eigenvalue weighted by Crippen LogP contribution is -2.02. The highest BCUT2D eigenvalue weighted by Gasteiger charge is 2.05. The van der Waals surface area contributed by atoms with Crippen molar-refractivity contribution < 1.29 is 0 Å². The van der Waals surface area contributed by atoms with Crippen molar-refractivity contribution in [3.05, 3.63) is 36.4 Å². The molecule has 2 heteroatoms. The molecule has 0 nitrogen and oxygen atoms in total. The van der Waals surface area contributed by atoms with E-state index in [-0.39, 0.29) is 0 Å². The summed E-state index contributed by atoms with van der Waals surface area (Å²) in [4.78, 5) is 0. The molecule has 0 radical (unpaired) electrons. The highest BCUT2D eigenvalue weighted by molar-refractivity contribution is 8.69. The molecule has 0 saturated heterocycles. The lowest BCUT2D eigenvalue weighted by Gasteiger charge is -2.10. The molecule has 1 aromatic carbocycles. The molecule has 0 fully saturated rings. The van der Waals surface area contributed by atoms with Gasteiger partial charge in [0.05, 0.1) is 0 Å². The largest absolute Gasteiger partial charge is 0.111 e. The van der Waals surface area contributed by atoms with Gasteiger partial charge in [-0.25, -0.2) is 0 Å². The Kier molecular flexibility index (Phi) is 6.39. The van der Waals surface area contributed by atoms with E-state index in [2.05, 4.69) is 32.4 Å². The minimum Gasteiger partial charge on any atom is -0.111 e. The molecule has 0 aromatic heterocycles. The maximum atomic E-state index is 4.02. The van der Waals surface area contributed by atoms with E-state index in [0.717, 1.165) is 0 Å². The van der Waals surface area contributed by atoms with Crippen LogP contribution < -0.4 is 0 Å². The third-order valence-corrected chi connectivity index (χ3v) is 3.13. The highest BCUT2D eigenvalue weighted by atomic mass is 33.1. The summed E-state index contributed by atoms with van der Waals surface area (Å²) in [6.45, 7) is 6.39. The quantitative estimate of drug-likeness (QED) is 0.487. The Morgan fingerprint density at radius 2 is 1.00 bits per heavy atom. The van der Waals surface area contributed by atoms with Gasteiger partial charge in [-0.05, 0) is 0 Å². The van der Waals surface area contributed by atoms with Gasteiger partial charge in [0.25, 0.3) is 0 Å². The summed E-state index contributed by atoms with van der Waals surface area (Å²) < 4.78 is 0.323. The van der Waals surface area contributed by atoms with Crippen LogP contribution in [0.2, 0.25) is 0 Å². The maximum Gasteiger partial charge on any atom is 0.0176 e. The molecular weight excluding hydrogens is 184 g/mol. The zero-order chi connectivity index (χ0) is 9.45. The van der Waals surface area contributed by atoms with Gasteiger partial charge in [0.2, 0.25) is 0 Å². The minimum atomic E-state index is 0.323. The van der Waals surface area contributed by atoms with Crippen molar-refractivity contribution >= 4 is 22.5 Å². The fraction of sp³-hybridized carbons (Fsp3) is 0.400. The van der Waals surface area contributed by atoms with Crippen molar-refractivity contribution in [1.29, 1.82) is 0 Å². The molecule has 68 valence electrons. The van der Waals surface area contributed by atoms with E-state index < -0.39 is 0 Å². The summed E-state index contributed by atoms with van der Waals surface area (Å²) in [5.41, 5.74) is 0.